The monoisotopic (exact) mass is 418 g/mol. The zero-order chi connectivity index (χ0) is 21.7. The average Bonchev–Trinajstić information content (AvgIpc) is 2.77. The van der Waals surface area contributed by atoms with Gasteiger partial charge in [0.05, 0.1) is 7.11 Å². The van der Waals surface area contributed by atoms with Crippen molar-refractivity contribution in [3.8, 4) is 11.8 Å². The molecule has 3 rings (SSSR count). The van der Waals surface area contributed by atoms with Crippen molar-refractivity contribution in [3.05, 3.63) is 76.4 Å². The Morgan fingerprint density at radius 1 is 1.07 bits per heavy atom. The summed E-state index contributed by atoms with van der Waals surface area (Å²) in [5.74, 6) is -0.172. The summed E-state index contributed by atoms with van der Waals surface area (Å²) in [5.41, 5.74) is 2.62. The summed E-state index contributed by atoms with van der Waals surface area (Å²) in [7, 11) is 1.60. The minimum Gasteiger partial charge on any atom is -0.497 e. The number of nitrogens with zero attached hydrogens (tertiary/aromatic N) is 2. The zero-order valence-electron chi connectivity index (χ0n) is 17.1. The molecule has 1 heterocycles. The van der Waals surface area contributed by atoms with E-state index in [9.17, 15) is 14.9 Å². The van der Waals surface area contributed by atoms with E-state index in [0.29, 0.717) is 17.6 Å². The highest BCUT2D eigenvalue weighted by atomic mass is 32.2. The van der Waals surface area contributed by atoms with Crippen LogP contribution in [0.2, 0.25) is 0 Å². The predicted molar refractivity (Wildman–Crippen MR) is 118 cm³/mol. The Kier molecular flexibility index (Phi) is 6.76. The molecule has 30 heavy (non-hydrogen) atoms. The van der Waals surface area contributed by atoms with Gasteiger partial charge in [-0.25, -0.2) is 0 Å². The number of nitriles is 1. The molecule has 0 unspecified atom stereocenters. The third-order valence-corrected chi connectivity index (χ3v) is 5.78. The lowest BCUT2D eigenvalue weighted by Gasteiger charge is -2.27. The second-order valence-corrected chi connectivity index (χ2v) is 7.68. The van der Waals surface area contributed by atoms with E-state index in [0.717, 1.165) is 26.7 Å². The third kappa shape index (κ3) is 4.47. The normalized spacial score (nSPS) is 15.5. The minimum atomic E-state index is -0.539. The SMILES string of the molecule is COc1ccc(CCN2C(=O)C(C#N)=C(C)/C(=C\c3ccc(SC)cc3)C2=O)cc1. The molecule has 0 radical (unpaired) electrons. The van der Waals surface area contributed by atoms with E-state index in [1.807, 2.05) is 60.9 Å². The first-order valence-corrected chi connectivity index (χ1v) is 10.7. The minimum absolute atomic E-state index is 0.0105. The molecule has 0 saturated carbocycles. The zero-order valence-corrected chi connectivity index (χ0v) is 18.0. The Morgan fingerprint density at radius 2 is 1.73 bits per heavy atom. The molecule has 0 saturated heterocycles. The molecule has 6 heteroatoms. The number of thioether (sulfide) groups is 1. The van der Waals surface area contributed by atoms with Crippen LogP contribution in [-0.4, -0.2) is 36.6 Å². The summed E-state index contributed by atoms with van der Waals surface area (Å²) in [5, 5.41) is 9.52. The highest BCUT2D eigenvalue weighted by Crippen LogP contribution is 2.28. The standard InChI is InChI=1S/C24H22N2O3S/c1-16-21(14-18-6-10-20(30-3)11-7-18)23(27)26(24(28)22(16)15-25)13-12-17-4-8-19(29-2)9-5-17/h4-11,14H,12-13H2,1-3H3/b21-14+. The maximum atomic E-state index is 13.1. The van der Waals surface area contributed by atoms with Crippen molar-refractivity contribution in [1.82, 2.24) is 4.90 Å². The third-order valence-electron chi connectivity index (χ3n) is 5.04. The molecule has 2 amide bonds. The lowest BCUT2D eigenvalue weighted by atomic mass is 9.93. The lowest BCUT2D eigenvalue weighted by Crippen LogP contribution is -2.43. The van der Waals surface area contributed by atoms with Gasteiger partial charge in [-0.15, -0.1) is 11.8 Å². The van der Waals surface area contributed by atoms with Crippen molar-refractivity contribution < 1.29 is 14.3 Å². The van der Waals surface area contributed by atoms with E-state index in [1.165, 1.54) is 0 Å². The number of hydrogen-bond acceptors (Lipinski definition) is 5. The van der Waals surface area contributed by atoms with E-state index < -0.39 is 5.91 Å². The number of ether oxygens (including phenoxy) is 1. The Hall–Kier alpha value is -3.30. The molecule has 0 atom stereocenters. The Bertz CT molecular complexity index is 1060. The van der Waals surface area contributed by atoms with Gasteiger partial charge in [0.25, 0.3) is 11.8 Å². The van der Waals surface area contributed by atoms with E-state index in [1.54, 1.807) is 31.9 Å². The molecule has 0 N–H and O–H groups in total. The number of amides is 2. The molecule has 0 spiro atoms. The molecule has 0 aliphatic carbocycles. The van der Waals surface area contributed by atoms with Gasteiger partial charge in [0.15, 0.2) is 0 Å². The number of rotatable bonds is 6. The lowest BCUT2D eigenvalue weighted by molar-refractivity contribution is -0.140. The van der Waals surface area contributed by atoms with Crippen LogP contribution >= 0.6 is 11.8 Å². The molecular formula is C24H22N2O3S. The van der Waals surface area contributed by atoms with E-state index >= 15 is 0 Å². The van der Waals surface area contributed by atoms with Gasteiger partial charge in [0.1, 0.15) is 17.4 Å². The largest absolute Gasteiger partial charge is 0.497 e. The second kappa shape index (κ2) is 9.47. The maximum absolute atomic E-state index is 13.1. The van der Waals surface area contributed by atoms with Crippen LogP contribution in [0.15, 0.2) is 70.1 Å². The van der Waals surface area contributed by atoms with Crippen LogP contribution in [0.1, 0.15) is 18.1 Å². The molecule has 0 fully saturated rings. The number of carbonyl (C=O) groups excluding carboxylic acids is 2. The van der Waals surface area contributed by atoms with Gasteiger partial charge in [-0.1, -0.05) is 24.3 Å². The van der Waals surface area contributed by atoms with Gasteiger partial charge < -0.3 is 4.74 Å². The van der Waals surface area contributed by atoms with Crippen LogP contribution in [0.3, 0.4) is 0 Å². The van der Waals surface area contributed by atoms with Gasteiger partial charge in [-0.05, 0) is 66.6 Å². The highest BCUT2D eigenvalue weighted by Gasteiger charge is 2.35. The summed E-state index contributed by atoms with van der Waals surface area (Å²) in [6.45, 7) is 1.85. The van der Waals surface area contributed by atoms with Crippen LogP contribution in [-0.2, 0) is 16.0 Å². The molecule has 5 nitrogen and oxygen atoms in total. The predicted octanol–water partition coefficient (Wildman–Crippen LogP) is 4.25. The van der Waals surface area contributed by atoms with Gasteiger partial charge in [-0.3, -0.25) is 14.5 Å². The van der Waals surface area contributed by atoms with Crippen LogP contribution in [0.25, 0.3) is 6.08 Å². The summed E-state index contributed by atoms with van der Waals surface area (Å²) in [6.07, 6.45) is 4.23. The Balaban J connectivity index is 1.89. The second-order valence-electron chi connectivity index (χ2n) is 6.80. The van der Waals surface area contributed by atoms with Crippen LogP contribution in [0.5, 0.6) is 5.75 Å². The van der Waals surface area contributed by atoms with Crippen molar-refractivity contribution in [2.75, 3.05) is 19.9 Å². The summed E-state index contributed by atoms with van der Waals surface area (Å²) < 4.78 is 5.15. The van der Waals surface area contributed by atoms with Gasteiger partial charge >= 0.3 is 0 Å². The fourth-order valence-electron chi connectivity index (χ4n) is 3.23. The van der Waals surface area contributed by atoms with E-state index in [4.69, 9.17) is 4.74 Å². The molecule has 2 aromatic rings. The van der Waals surface area contributed by atoms with Crippen molar-refractivity contribution >= 4 is 29.7 Å². The Labute approximate surface area is 180 Å². The van der Waals surface area contributed by atoms with Gasteiger partial charge in [0.2, 0.25) is 0 Å². The van der Waals surface area contributed by atoms with Crippen molar-refractivity contribution in [3.63, 3.8) is 0 Å². The first kappa shape index (κ1) is 21.4. The van der Waals surface area contributed by atoms with Gasteiger partial charge in [-0.2, -0.15) is 5.26 Å². The fourth-order valence-corrected chi connectivity index (χ4v) is 3.64. The molecule has 1 aliphatic heterocycles. The number of carbonyl (C=O) groups is 2. The molecule has 152 valence electrons. The first-order valence-electron chi connectivity index (χ1n) is 9.44. The van der Waals surface area contributed by atoms with Crippen LogP contribution in [0, 0.1) is 11.3 Å². The molecular weight excluding hydrogens is 396 g/mol. The average molecular weight is 419 g/mol. The summed E-state index contributed by atoms with van der Waals surface area (Å²) >= 11 is 1.64. The van der Waals surface area contributed by atoms with Crippen LogP contribution in [0.4, 0.5) is 0 Å². The quantitative estimate of drug-likeness (QED) is 0.398. The highest BCUT2D eigenvalue weighted by molar-refractivity contribution is 7.98. The van der Waals surface area contributed by atoms with E-state index in [-0.39, 0.29) is 18.0 Å². The number of hydrogen-bond donors (Lipinski definition) is 0. The number of imide groups is 1. The van der Waals surface area contributed by atoms with Crippen LogP contribution < -0.4 is 4.74 Å². The van der Waals surface area contributed by atoms with Crippen molar-refractivity contribution in [2.45, 2.75) is 18.2 Å². The fraction of sp³-hybridized carbons (Fsp3) is 0.208. The summed E-state index contributed by atoms with van der Waals surface area (Å²) in [6, 6.07) is 17.2. The molecule has 0 bridgehead atoms. The first-order chi connectivity index (χ1) is 14.5. The number of benzene rings is 2. The van der Waals surface area contributed by atoms with Crippen molar-refractivity contribution in [1.29, 1.82) is 5.26 Å². The molecule has 2 aromatic carbocycles. The van der Waals surface area contributed by atoms with E-state index in [2.05, 4.69) is 0 Å². The van der Waals surface area contributed by atoms with Gasteiger partial charge in [0, 0.05) is 17.0 Å². The molecule has 1 aliphatic rings. The summed E-state index contributed by atoms with van der Waals surface area (Å²) in [4.78, 5) is 28.2. The Morgan fingerprint density at radius 3 is 2.30 bits per heavy atom. The smallest absolute Gasteiger partial charge is 0.271 e. The topological polar surface area (TPSA) is 70.4 Å². The van der Waals surface area contributed by atoms with Crippen molar-refractivity contribution in [2.24, 2.45) is 0 Å². The molecule has 0 aromatic heterocycles. The number of methoxy groups -OCH3 is 1. The maximum Gasteiger partial charge on any atom is 0.271 e.